The first-order valence-electron chi connectivity index (χ1n) is 18.8. The zero-order valence-electron chi connectivity index (χ0n) is 31.1. The predicted molar refractivity (Wildman–Crippen MR) is 236 cm³/mol. The summed E-state index contributed by atoms with van der Waals surface area (Å²) >= 11 is 0. The van der Waals surface area contributed by atoms with Gasteiger partial charge in [0.1, 0.15) is 0 Å². The van der Waals surface area contributed by atoms with Crippen molar-refractivity contribution < 1.29 is 0 Å². The number of pyridine rings is 3. The number of rotatable bonds is 8. The van der Waals surface area contributed by atoms with E-state index >= 15 is 0 Å². The summed E-state index contributed by atoms with van der Waals surface area (Å²) in [6.45, 7) is 4.23. The van der Waals surface area contributed by atoms with Crippen molar-refractivity contribution in [2.45, 2.75) is 6.54 Å². The van der Waals surface area contributed by atoms with Gasteiger partial charge < -0.3 is 0 Å². The van der Waals surface area contributed by atoms with E-state index < -0.39 is 0 Å². The Kier molecular flexibility index (Phi) is 9.80. The number of hydrogen-bond acceptors (Lipinski definition) is 4. The van der Waals surface area contributed by atoms with Crippen molar-refractivity contribution in [3.8, 4) is 44.6 Å². The van der Waals surface area contributed by atoms with Gasteiger partial charge in [-0.15, -0.1) is 0 Å². The van der Waals surface area contributed by atoms with Crippen molar-refractivity contribution in [2.75, 3.05) is 0 Å². The van der Waals surface area contributed by atoms with Crippen LogP contribution in [0.25, 0.3) is 66.4 Å². The van der Waals surface area contributed by atoms with Gasteiger partial charge in [0.2, 0.25) is 0 Å². The average Bonchev–Trinajstić information content (AvgIpc) is 3.29. The summed E-state index contributed by atoms with van der Waals surface area (Å²) < 4.78 is 0. The molecule has 0 bridgehead atoms. The van der Waals surface area contributed by atoms with Crippen LogP contribution in [0.15, 0.2) is 209 Å². The first-order valence-corrected chi connectivity index (χ1v) is 18.8. The molecule has 0 N–H and O–H groups in total. The van der Waals surface area contributed by atoms with E-state index in [9.17, 15) is 0 Å². The molecule has 0 aliphatic heterocycles. The molecule has 9 rings (SSSR count). The van der Waals surface area contributed by atoms with Gasteiger partial charge in [0.15, 0.2) is 11.7 Å². The fourth-order valence-corrected chi connectivity index (χ4v) is 7.23. The van der Waals surface area contributed by atoms with Crippen molar-refractivity contribution in [1.29, 1.82) is 0 Å². The van der Waals surface area contributed by atoms with Crippen LogP contribution in [0.4, 0.5) is 0 Å². The molecule has 6 heteroatoms. The minimum Gasteiger partial charge on any atom is -0.264 e. The van der Waals surface area contributed by atoms with Crippen molar-refractivity contribution in [3.05, 3.63) is 211 Å². The van der Waals surface area contributed by atoms with E-state index in [1.807, 2.05) is 91.3 Å². The third-order valence-electron chi connectivity index (χ3n) is 9.99. The van der Waals surface area contributed by atoms with Crippen molar-refractivity contribution in [3.63, 3.8) is 0 Å². The van der Waals surface area contributed by atoms with Crippen LogP contribution in [0.5, 0.6) is 0 Å². The molecule has 9 aromatic rings. The van der Waals surface area contributed by atoms with Gasteiger partial charge >= 0.3 is 0 Å². The van der Waals surface area contributed by atoms with Crippen LogP contribution >= 0.6 is 0 Å². The Morgan fingerprint density at radius 3 is 1.86 bits per heavy atom. The molecular formula is C51H36N6. The van der Waals surface area contributed by atoms with Crippen LogP contribution < -0.4 is 0 Å². The normalized spacial score (nSPS) is 11.9. The molecule has 0 saturated carbocycles. The minimum absolute atomic E-state index is 0.397. The highest BCUT2D eigenvalue weighted by Gasteiger charge is 2.14. The zero-order valence-corrected chi connectivity index (χ0v) is 31.1. The highest BCUT2D eigenvalue weighted by molar-refractivity contribution is 6.12. The second-order valence-electron chi connectivity index (χ2n) is 13.6. The van der Waals surface area contributed by atoms with Gasteiger partial charge in [-0.2, -0.15) is 0 Å². The number of benzene rings is 6. The fraction of sp³-hybridized carbons (Fsp3) is 0.0196. The smallest absolute Gasteiger partial charge is 0.161 e. The molecule has 6 nitrogen and oxygen atoms in total. The van der Waals surface area contributed by atoms with Gasteiger partial charge in [0, 0.05) is 46.1 Å². The summed E-state index contributed by atoms with van der Waals surface area (Å²) in [6, 6.07) is 60.4. The third-order valence-corrected chi connectivity index (χ3v) is 9.99. The average molecular weight is 733 g/mol. The van der Waals surface area contributed by atoms with E-state index in [0.29, 0.717) is 18.2 Å². The predicted octanol–water partition coefficient (Wildman–Crippen LogP) is 11.9. The number of fused-ring (bicyclic) bond motifs is 3. The van der Waals surface area contributed by atoms with Crippen molar-refractivity contribution >= 4 is 40.2 Å². The van der Waals surface area contributed by atoms with Crippen LogP contribution in [0.1, 0.15) is 16.7 Å². The quantitative estimate of drug-likeness (QED) is 0.0886. The lowest BCUT2D eigenvalue weighted by molar-refractivity contribution is 1.06. The number of aromatic nitrogens is 3. The first-order chi connectivity index (χ1) is 28.2. The second kappa shape index (κ2) is 16.0. The fourth-order valence-electron chi connectivity index (χ4n) is 7.23. The topological polar surface area (TPSA) is 75.8 Å². The Morgan fingerprint density at radius 2 is 1.14 bits per heavy atom. The second-order valence-corrected chi connectivity index (χ2v) is 13.6. The standard InChI is InChI=1S/C51H36N6/c1-52-50(39-16-7-3-8-17-39)57-51(40-18-9-4-10-19-40)55-33-35-30-41(32-42(31-35)44-21-12-11-20-43(44)37-14-5-2-6-15-37)36-23-25-38(26-24-36)48-45-22-13-28-54-49(45)46-34-53-29-27-47(46)56-48/h2-32,34H,1,33H2. The van der Waals surface area contributed by atoms with E-state index in [0.717, 1.165) is 83.1 Å². The van der Waals surface area contributed by atoms with E-state index in [4.69, 9.17) is 20.0 Å². The number of hydrogen-bond donors (Lipinski definition) is 0. The summed E-state index contributed by atoms with van der Waals surface area (Å²) in [7, 11) is 0. The maximum atomic E-state index is 5.16. The molecule has 0 aliphatic rings. The van der Waals surface area contributed by atoms with Gasteiger partial charge in [-0.05, 0) is 82.1 Å². The molecule has 57 heavy (non-hydrogen) atoms. The van der Waals surface area contributed by atoms with Gasteiger partial charge in [0.25, 0.3) is 0 Å². The van der Waals surface area contributed by atoms with E-state index in [2.05, 4.69) is 114 Å². The summed E-state index contributed by atoms with van der Waals surface area (Å²) in [4.78, 5) is 28.5. The molecule has 3 heterocycles. The summed E-state index contributed by atoms with van der Waals surface area (Å²) in [5, 5.41) is 1.93. The lowest BCUT2D eigenvalue weighted by Crippen LogP contribution is -2.05. The first kappa shape index (κ1) is 35.0. The molecular weight excluding hydrogens is 697 g/mol. The molecule has 270 valence electrons. The highest BCUT2D eigenvalue weighted by atomic mass is 15.0. The summed E-state index contributed by atoms with van der Waals surface area (Å²) in [5.41, 5.74) is 13.2. The zero-order chi connectivity index (χ0) is 38.4. The Hall–Kier alpha value is -7.70. The maximum Gasteiger partial charge on any atom is 0.161 e. The van der Waals surface area contributed by atoms with E-state index in [1.54, 1.807) is 6.20 Å². The molecule has 3 aromatic heterocycles. The lowest BCUT2D eigenvalue weighted by atomic mass is 9.91. The van der Waals surface area contributed by atoms with Gasteiger partial charge in [-0.25, -0.2) is 15.0 Å². The van der Waals surface area contributed by atoms with Gasteiger partial charge in [-0.1, -0.05) is 140 Å². The largest absolute Gasteiger partial charge is 0.264 e. The number of aliphatic imine (C=N–C) groups is 3. The molecule has 0 amide bonds. The van der Waals surface area contributed by atoms with Crippen molar-refractivity contribution in [1.82, 2.24) is 15.0 Å². The molecule has 0 fully saturated rings. The van der Waals surface area contributed by atoms with Crippen LogP contribution in [0.3, 0.4) is 0 Å². The molecule has 0 aliphatic carbocycles. The Bertz CT molecular complexity index is 2920. The Morgan fingerprint density at radius 1 is 0.509 bits per heavy atom. The van der Waals surface area contributed by atoms with Crippen LogP contribution in [0, 0.1) is 0 Å². The Labute approximate surface area is 331 Å². The van der Waals surface area contributed by atoms with Crippen LogP contribution in [0.2, 0.25) is 0 Å². The molecule has 0 saturated heterocycles. The number of nitrogens with zero attached hydrogens (tertiary/aromatic N) is 6. The molecule has 0 unspecified atom stereocenters. The van der Waals surface area contributed by atoms with Crippen LogP contribution in [-0.2, 0) is 6.54 Å². The van der Waals surface area contributed by atoms with Crippen LogP contribution in [-0.4, -0.2) is 33.3 Å². The van der Waals surface area contributed by atoms with Gasteiger partial charge in [-0.3, -0.25) is 15.0 Å². The lowest BCUT2D eigenvalue weighted by Gasteiger charge is -2.14. The minimum atomic E-state index is 0.397. The third kappa shape index (κ3) is 7.40. The Balaban J connectivity index is 1.16. The van der Waals surface area contributed by atoms with Gasteiger partial charge in [0.05, 0.1) is 23.3 Å². The SMILES string of the molecule is C=NC(=NC(=NCc1cc(-c2ccc(-c3nc4ccncc4c4ncccc34)cc2)cc(-c2ccccc2-c2ccccc2)c1)c1ccccc1)c1ccccc1. The van der Waals surface area contributed by atoms with E-state index in [1.165, 1.54) is 0 Å². The summed E-state index contributed by atoms with van der Waals surface area (Å²) in [5.74, 6) is 1.11. The maximum absolute atomic E-state index is 5.16. The summed E-state index contributed by atoms with van der Waals surface area (Å²) in [6.07, 6.45) is 5.43. The van der Waals surface area contributed by atoms with Crippen molar-refractivity contribution in [2.24, 2.45) is 15.0 Å². The molecule has 6 aromatic carbocycles. The monoisotopic (exact) mass is 732 g/mol. The van der Waals surface area contributed by atoms with E-state index in [-0.39, 0.29) is 0 Å². The molecule has 0 spiro atoms. The number of amidine groups is 2. The molecule has 0 atom stereocenters. The highest BCUT2D eigenvalue weighted by Crippen LogP contribution is 2.37. The molecule has 0 radical (unpaired) electrons.